The highest BCUT2D eigenvalue weighted by Gasteiger charge is 2.40. The average molecular weight is 344 g/mol. The van der Waals surface area contributed by atoms with Gasteiger partial charge in [0.1, 0.15) is 6.29 Å². The number of carbonyl (C=O) groups excluding carboxylic acids is 1. The van der Waals surface area contributed by atoms with Crippen LogP contribution in [0.25, 0.3) is 0 Å². The van der Waals surface area contributed by atoms with Crippen LogP contribution in [0.4, 0.5) is 17.2 Å². The van der Waals surface area contributed by atoms with Crippen molar-refractivity contribution in [3.05, 3.63) is 41.0 Å². The summed E-state index contributed by atoms with van der Waals surface area (Å²) in [4.78, 5) is 15.7. The molecule has 0 radical (unpaired) electrons. The van der Waals surface area contributed by atoms with E-state index in [1.165, 1.54) is 0 Å². The zero-order valence-electron chi connectivity index (χ0n) is 13.1. The van der Waals surface area contributed by atoms with Gasteiger partial charge >= 0.3 is 0 Å². The summed E-state index contributed by atoms with van der Waals surface area (Å²) >= 11 is 5.98. The lowest BCUT2D eigenvalue weighted by Crippen LogP contribution is -2.54. The van der Waals surface area contributed by atoms with E-state index in [2.05, 4.69) is 26.1 Å². The SMILES string of the molecule is Nc1nnc(Cl)cc1N1CC2CCC(C1)N2c1cccc(C=O)c1. The number of fused-ring (bicyclic) bond motifs is 2. The van der Waals surface area contributed by atoms with Crippen LogP contribution in [0.2, 0.25) is 5.15 Å². The maximum atomic E-state index is 11.1. The number of hydrogen-bond acceptors (Lipinski definition) is 6. The lowest BCUT2D eigenvalue weighted by atomic mass is 10.1. The van der Waals surface area contributed by atoms with Gasteiger partial charge in [0.15, 0.2) is 11.0 Å². The normalized spacial score (nSPS) is 22.7. The molecule has 24 heavy (non-hydrogen) atoms. The lowest BCUT2D eigenvalue weighted by molar-refractivity contribution is 0.112. The minimum absolute atomic E-state index is 0.354. The van der Waals surface area contributed by atoms with Gasteiger partial charge in [-0.15, -0.1) is 10.2 Å². The van der Waals surface area contributed by atoms with Crippen LogP contribution in [-0.2, 0) is 0 Å². The monoisotopic (exact) mass is 343 g/mol. The van der Waals surface area contributed by atoms with Crippen molar-refractivity contribution in [3.8, 4) is 0 Å². The molecule has 6 nitrogen and oxygen atoms in total. The second-order valence-corrected chi connectivity index (χ2v) is 6.73. The van der Waals surface area contributed by atoms with Crippen LogP contribution in [0.5, 0.6) is 0 Å². The van der Waals surface area contributed by atoms with Crippen molar-refractivity contribution in [1.82, 2.24) is 10.2 Å². The number of nitrogens with two attached hydrogens (primary N) is 1. The third-order valence-corrected chi connectivity index (χ3v) is 5.08. The first-order chi connectivity index (χ1) is 11.7. The molecule has 124 valence electrons. The van der Waals surface area contributed by atoms with Gasteiger partial charge in [-0.3, -0.25) is 4.79 Å². The zero-order valence-corrected chi connectivity index (χ0v) is 13.9. The number of nitrogen functional groups attached to an aromatic ring is 1. The van der Waals surface area contributed by atoms with Gasteiger partial charge in [-0.25, -0.2) is 0 Å². The van der Waals surface area contributed by atoms with Crippen LogP contribution < -0.4 is 15.5 Å². The number of hydrogen-bond donors (Lipinski definition) is 1. The summed E-state index contributed by atoms with van der Waals surface area (Å²) in [5, 5.41) is 8.07. The van der Waals surface area contributed by atoms with E-state index in [9.17, 15) is 4.79 Å². The van der Waals surface area contributed by atoms with Gasteiger partial charge in [0.2, 0.25) is 0 Å². The van der Waals surface area contributed by atoms with Crippen LogP contribution in [0.1, 0.15) is 23.2 Å². The minimum Gasteiger partial charge on any atom is -0.380 e. The molecular formula is C17H18ClN5O. The van der Waals surface area contributed by atoms with Crippen LogP contribution in [0.3, 0.4) is 0 Å². The third-order valence-electron chi connectivity index (χ3n) is 4.90. The molecule has 0 spiro atoms. The number of benzene rings is 1. The molecule has 2 unspecified atom stereocenters. The second-order valence-electron chi connectivity index (χ2n) is 6.35. The van der Waals surface area contributed by atoms with E-state index in [4.69, 9.17) is 17.3 Å². The van der Waals surface area contributed by atoms with Crippen molar-refractivity contribution < 1.29 is 4.79 Å². The van der Waals surface area contributed by atoms with Gasteiger partial charge in [-0.1, -0.05) is 23.7 Å². The molecule has 3 heterocycles. The first-order valence-electron chi connectivity index (χ1n) is 8.03. The molecule has 7 heteroatoms. The zero-order chi connectivity index (χ0) is 16.7. The molecule has 0 aliphatic carbocycles. The van der Waals surface area contributed by atoms with Crippen LogP contribution in [0.15, 0.2) is 30.3 Å². The van der Waals surface area contributed by atoms with Crippen molar-refractivity contribution in [1.29, 1.82) is 0 Å². The summed E-state index contributed by atoms with van der Waals surface area (Å²) in [6, 6.07) is 10.4. The van der Waals surface area contributed by atoms with Crippen molar-refractivity contribution in [3.63, 3.8) is 0 Å². The van der Waals surface area contributed by atoms with E-state index in [-0.39, 0.29) is 0 Å². The number of aromatic nitrogens is 2. The molecule has 2 fully saturated rings. The number of anilines is 3. The maximum absolute atomic E-state index is 11.1. The quantitative estimate of drug-likeness (QED) is 0.862. The van der Waals surface area contributed by atoms with Crippen molar-refractivity contribution in [2.75, 3.05) is 28.6 Å². The minimum atomic E-state index is 0.354. The topological polar surface area (TPSA) is 75.3 Å². The molecule has 0 saturated carbocycles. The van der Waals surface area contributed by atoms with Crippen molar-refractivity contribution >= 4 is 35.1 Å². The molecule has 2 aromatic rings. The Labute approximate surface area is 145 Å². The van der Waals surface area contributed by atoms with E-state index < -0.39 is 0 Å². The maximum Gasteiger partial charge on any atom is 0.169 e. The largest absolute Gasteiger partial charge is 0.380 e. The smallest absolute Gasteiger partial charge is 0.169 e. The fourth-order valence-corrected chi connectivity index (χ4v) is 4.04. The van der Waals surface area contributed by atoms with Crippen molar-refractivity contribution in [2.45, 2.75) is 24.9 Å². The first kappa shape index (κ1) is 15.2. The number of halogens is 1. The summed E-state index contributed by atoms with van der Waals surface area (Å²) in [5.74, 6) is 0.412. The lowest BCUT2D eigenvalue weighted by Gasteiger charge is -2.43. The van der Waals surface area contributed by atoms with Crippen LogP contribution in [-0.4, -0.2) is 41.7 Å². The highest BCUT2D eigenvalue weighted by Crippen LogP contribution is 2.37. The van der Waals surface area contributed by atoms with Gasteiger partial charge in [0.05, 0.1) is 5.69 Å². The van der Waals surface area contributed by atoms with Gasteiger partial charge in [0, 0.05) is 42.5 Å². The second kappa shape index (κ2) is 5.94. The first-order valence-corrected chi connectivity index (χ1v) is 8.40. The molecular weight excluding hydrogens is 326 g/mol. The molecule has 4 rings (SSSR count). The van der Waals surface area contributed by atoms with Crippen LogP contribution in [0, 0.1) is 0 Å². The average Bonchev–Trinajstić information content (AvgIpc) is 2.87. The molecule has 2 N–H and O–H groups in total. The van der Waals surface area contributed by atoms with Gasteiger partial charge in [-0.2, -0.15) is 0 Å². The molecule has 0 amide bonds. The molecule has 2 bridgehead atoms. The Morgan fingerprint density at radius 2 is 1.92 bits per heavy atom. The Kier molecular flexibility index (Phi) is 3.76. The van der Waals surface area contributed by atoms with E-state index in [0.29, 0.717) is 28.6 Å². The number of aldehydes is 1. The summed E-state index contributed by atoms with van der Waals surface area (Å²) in [5.41, 5.74) is 8.67. The molecule has 2 aliphatic rings. The number of rotatable bonds is 3. The molecule has 2 aliphatic heterocycles. The van der Waals surface area contributed by atoms with E-state index in [0.717, 1.165) is 43.6 Å². The highest BCUT2D eigenvalue weighted by molar-refractivity contribution is 6.29. The summed E-state index contributed by atoms with van der Waals surface area (Å²) < 4.78 is 0. The fourth-order valence-electron chi connectivity index (χ4n) is 3.90. The Bertz CT molecular complexity index is 769. The molecule has 2 saturated heterocycles. The van der Waals surface area contributed by atoms with Gasteiger partial charge < -0.3 is 15.5 Å². The molecule has 2 atom stereocenters. The molecule has 1 aromatic carbocycles. The summed E-state index contributed by atoms with van der Waals surface area (Å²) in [6.45, 7) is 1.71. The number of carbonyl (C=O) groups is 1. The standard InChI is InChI=1S/C17H18ClN5O/c18-16-7-15(17(19)21-20-16)22-8-13-4-5-14(9-22)23(13)12-3-1-2-11(6-12)10-24/h1-3,6-7,10,13-14H,4-5,8-9H2,(H2,19,21). The summed E-state index contributed by atoms with van der Waals surface area (Å²) in [6.07, 6.45) is 3.14. The summed E-state index contributed by atoms with van der Waals surface area (Å²) in [7, 11) is 0. The third kappa shape index (κ3) is 2.57. The highest BCUT2D eigenvalue weighted by atomic mass is 35.5. The predicted molar refractivity (Wildman–Crippen MR) is 94.8 cm³/mol. The van der Waals surface area contributed by atoms with E-state index >= 15 is 0 Å². The predicted octanol–water partition coefficient (Wildman–Crippen LogP) is 2.38. The Morgan fingerprint density at radius 1 is 1.17 bits per heavy atom. The van der Waals surface area contributed by atoms with Crippen molar-refractivity contribution in [2.24, 2.45) is 0 Å². The van der Waals surface area contributed by atoms with Gasteiger partial charge in [-0.05, 0) is 25.0 Å². The Hall–Kier alpha value is -2.34. The number of nitrogens with zero attached hydrogens (tertiary/aromatic N) is 4. The van der Waals surface area contributed by atoms with E-state index in [1.54, 1.807) is 6.07 Å². The number of piperazine rings is 1. The Balaban J connectivity index is 1.61. The van der Waals surface area contributed by atoms with Crippen LogP contribution >= 0.6 is 11.6 Å². The van der Waals surface area contributed by atoms with E-state index in [1.807, 2.05) is 18.2 Å². The van der Waals surface area contributed by atoms with Gasteiger partial charge in [0.25, 0.3) is 0 Å². The molecule has 1 aromatic heterocycles. The fraction of sp³-hybridized carbons (Fsp3) is 0.353. The Morgan fingerprint density at radius 3 is 2.62 bits per heavy atom.